The standard InChI is InChI=1S/C18H26N4OS/c1-11(2)22(12(3)4)17(23)13(5)24-18-20-15-10-8-7-9-14(15)16(19-6)21-18/h7-13H,1-6H3,(H,19,20,21)/t13-/m0/s1. The second-order valence-electron chi connectivity index (χ2n) is 6.32. The van der Waals surface area contributed by atoms with Gasteiger partial charge in [0.1, 0.15) is 5.82 Å². The van der Waals surface area contributed by atoms with Gasteiger partial charge in [0.2, 0.25) is 5.91 Å². The Morgan fingerprint density at radius 3 is 2.29 bits per heavy atom. The molecular formula is C18H26N4OS. The number of nitrogens with zero attached hydrogens (tertiary/aromatic N) is 3. The maximum atomic E-state index is 12.8. The van der Waals surface area contributed by atoms with E-state index >= 15 is 0 Å². The fourth-order valence-electron chi connectivity index (χ4n) is 2.82. The molecule has 0 fully saturated rings. The summed E-state index contributed by atoms with van der Waals surface area (Å²) in [6, 6.07) is 8.22. The van der Waals surface area contributed by atoms with Crippen LogP contribution >= 0.6 is 11.8 Å². The number of carbonyl (C=O) groups excluding carboxylic acids is 1. The van der Waals surface area contributed by atoms with Crippen molar-refractivity contribution < 1.29 is 4.79 Å². The van der Waals surface area contributed by atoms with Crippen LogP contribution in [0.4, 0.5) is 5.82 Å². The van der Waals surface area contributed by atoms with Crippen molar-refractivity contribution in [3.8, 4) is 0 Å². The van der Waals surface area contributed by atoms with Crippen LogP contribution in [0.3, 0.4) is 0 Å². The molecule has 0 aliphatic heterocycles. The van der Waals surface area contributed by atoms with E-state index in [1.807, 2.05) is 70.8 Å². The zero-order chi connectivity index (χ0) is 17.9. The van der Waals surface area contributed by atoms with Gasteiger partial charge >= 0.3 is 0 Å². The minimum absolute atomic E-state index is 0.118. The zero-order valence-electron chi connectivity index (χ0n) is 15.2. The van der Waals surface area contributed by atoms with Gasteiger partial charge in [-0.05, 0) is 46.8 Å². The Bertz CT molecular complexity index is 709. The number of anilines is 1. The molecule has 130 valence electrons. The van der Waals surface area contributed by atoms with Gasteiger partial charge in [0, 0.05) is 24.5 Å². The average molecular weight is 346 g/mol. The molecule has 0 aliphatic rings. The first kappa shape index (κ1) is 18.5. The highest BCUT2D eigenvalue weighted by molar-refractivity contribution is 8.00. The third-order valence-corrected chi connectivity index (χ3v) is 4.77. The Morgan fingerprint density at radius 1 is 1.08 bits per heavy atom. The monoisotopic (exact) mass is 346 g/mol. The van der Waals surface area contributed by atoms with Crippen LogP contribution in [0.1, 0.15) is 34.6 Å². The molecule has 1 aromatic heterocycles. The largest absolute Gasteiger partial charge is 0.372 e. The number of para-hydroxylation sites is 1. The number of benzene rings is 1. The topological polar surface area (TPSA) is 58.1 Å². The molecule has 1 heterocycles. The number of fused-ring (bicyclic) bond motifs is 1. The van der Waals surface area contributed by atoms with Crippen molar-refractivity contribution in [2.75, 3.05) is 12.4 Å². The van der Waals surface area contributed by atoms with Crippen LogP contribution < -0.4 is 5.32 Å². The number of carbonyl (C=O) groups is 1. The Labute approximate surface area is 148 Å². The van der Waals surface area contributed by atoms with Gasteiger partial charge in [-0.25, -0.2) is 9.97 Å². The van der Waals surface area contributed by atoms with Gasteiger partial charge in [-0.2, -0.15) is 0 Å². The van der Waals surface area contributed by atoms with Crippen molar-refractivity contribution in [3.63, 3.8) is 0 Å². The van der Waals surface area contributed by atoms with Crippen molar-refractivity contribution in [3.05, 3.63) is 24.3 Å². The lowest BCUT2D eigenvalue weighted by molar-refractivity contribution is -0.133. The maximum absolute atomic E-state index is 12.8. The SMILES string of the molecule is CNc1nc(S[C@@H](C)C(=O)N(C(C)C)C(C)C)nc2ccccc12. The molecule has 2 aromatic rings. The van der Waals surface area contributed by atoms with E-state index in [2.05, 4.69) is 15.3 Å². The Balaban J connectivity index is 2.27. The van der Waals surface area contributed by atoms with Crippen LogP contribution in [0.2, 0.25) is 0 Å². The van der Waals surface area contributed by atoms with Gasteiger partial charge < -0.3 is 10.2 Å². The molecule has 1 amide bonds. The molecule has 1 N–H and O–H groups in total. The minimum Gasteiger partial charge on any atom is -0.372 e. The normalized spacial score (nSPS) is 12.7. The van der Waals surface area contributed by atoms with E-state index in [0.717, 1.165) is 16.7 Å². The molecule has 2 rings (SSSR count). The maximum Gasteiger partial charge on any atom is 0.236 e. The summed E-state index contributed by atoms with van der Waals surface area (Å²) in [5.41, 5.74) is 0.878. The van der Waals surface area contributed by atoms with Gasteiger partial charge in [0.15, 0.2) is 5.16 Å². The Kier molecular flexibility index (Phi) is 6.04. The van der Waals surface area contributed by atoms with Gasteiger partial charge in [0.25, 0.3) is 0 Å². The number of aromatic nitrogens is 2. The second kappa shape index (κ2) is 7.83. The minimum atomic E-state index is -0.235. The van der Waals surface area contributed by atoms with Gasteiger partial charge in [-0.3, -0.25) is 4.79 Å². The third-order valence-electron chi connectivity index (χ3n) is 3.82. The van der Waals surface area contributed by atoms with E-state index in [-0.39, 0.29) is 23.2 Å². The summed E-state index contributed by atoms with van der Waals surface area (Å²) in [6.45, 7) is 10.1. The highest BCUT2D eigenvalue weighted by Gasteiger charge is 2.26. The molecule has 0 saturated heterocycles. The average Bonchev–Trinajstić information content (AvgIpc) is 2.53. The fraction of sp³-hybridized carbons (Fsp3) is 0.500. The summed E-state index contributed by atoms with van der Waals surface area (Å²) in [5, 5.41) is 4.47. The molecule has 0 aliphatic carbocycles. The lowest BCUT2D eigenvalue weighted by Gasteiger charge is -2.32. The smallest absolute Gasteiger partial charge is 0.236 e. The molecular weight excluding hydrogens is 320 g/mol. The third kappa shape index (κ3) is 3.98. The predicted molar refractivity (Wildman–Crippen MR) is 102 cm³/mol. The van der Waals surface area contributed by atoms with Crippen LogP contribution in [0.5, 0.6) is 0 Å². The number of hydrogen-bond acceptors (Lipinski definition) is 5. The van der Waals surface area contributed by atoms with Crippen molar-refractivity contribution in [2.45, 2.75) is 57.1 Å². The zero-order valence-corrected chi connectivity index (χ0v) is 16.0. The highest BCUT2D eigenvalue weighted by Crippen LogP contribution is 2.27. The molecule has 5 nitrogen and oxygen atoms in total. The van der Waals surface area contributed by atoms with Crippen molar-refractivity contribution >= 4 is 34.4 Å². The summed E-state index contributed by atoms with van der Waals surface area (Å²) in [7, 11) is 1.84. The lowest BCUT2D eigenvalue weighted by atomic mass is 10.2. The quantitative estimate of drug-likeness (QED) is 0.637. The van der Waals surface area contributed by atoms with Crippen molar-refractivity contribution in [2.24, 2.45) is 0 Å². The van der Waals surface area contributed by atoms with E-state index in [0.29, 0.717) is 5.16 Å². The molecule has 0 spiro atoms. The van der Waals surface area contributed by atoms with Gasteiger partial charge in [0.05, 0.1) is 10.8 Å². The highest BCUT2D eigenvalue weighted by atomic mass is 32.2. The van der Waals surface area contributed by atoms with E-state index in [1.165, 1.54) is 11.8 Å². The summed E-state index contributed by atoms with van der Waals surface area (Å²) in [5.74, 6) is 0.903. The van der Waals surface area contributed by atoms with Crippen LogP contribution in [-0.2, 0) is 4.79 Å². The summed E-state index contributed by atoms with van der Waals surface area (Å²) in [4.78, 5) is 23.9. The summed E-state index contributed by atoms with van der Waals surface area (Å²) in [6.07, 6.45) is 0. The molecule has 0 unspecified atom stereocenters. The van der Waals surface area contributed by atoms with E-state index in [9.17, 15) is 4.79 Å². The first-order valence-electron chi connectivity index (χ1n) is 8.28. The van der Waals surface area contributed by atoms with Crippen LogP contribution in [0.25, 0.3) is 10.9 Å². The Hall–Kier alpha value is -1.82. The number of thioether (sulfide) groups is 1. The van der Waals surface area contributed by atoms with Crippen LogP contribution in [0, 0.1) is 0 Å². The van der Waals surface area contributed by atoms with Crippen molar-refractivity contribution in [1.82, 2.24) is 14.9 Å². The van der Waals surface area contributed by atoms with Crippen molar-refractivity contribution in [1.29, 1.82) is 0 Å². The number of rotatable bonds is 6. The number of nitrogens with one attached hydrogen (secondary N) is 1. The first-order chi connectivity index (χ1) is 11.3. The molecule has 6 heteroatoms. The van der Waals surface area contributed by atoms with Crippen LogP contribution in [-0.4, -0.2) is 45.2 Å². The lowest BCUT2D eigenvalue weighted by Crippen LogP contribution is -2.45. The summed E-state index contributed by atoms with van der Waals surface area (Å²) < 4.78 is 0. The van der Waals surface area contributed by atoms with Crippen LogP contribution in [0.15, 0.2) is 29.4 Å². The predicted octanol–water partition coefficient (Wildman–Crippen LogP) is 3.80. The Morgan fingerprint density at radius 2 is 1.71 bits per heavy atom. The molecule has 1 atom stereocenters. The molecule has 0 saturated carbocycles. The summed E-state index contributed by atoms with van der Waals surface area (Å²) >= 11 is 1.41. The fourth-order valence-corrected chi connectivity index (χ4v) is 3.66. The van der Waals surface area contributed by atoms with Gasteiger partial charge in [-0.15, -0.1) is 0 Å². The molecule has 0 radical (unpaired) electrons. The molecule has 24 heavy (non-hydrogen) atoms. The second-order valence-corrected chi connectivity index (χ2v) is 7.62. The van der Waals surface area contributed by atoms with E-state index < -0.39 is 0 Å². The first-order valence-corrected chi connectivity index (χ1v) is 9.16. The molecule has 1 aromatic carbocycles. The molecule has 0 bridgehead atoms. The van der Waals surface area contributed by atoms with E-state index in [1.54, 1.807) is 0 Å². The van der Waals surface area contributed by atoms with E-state index in [4.69, 9.17) is 0 Å². The number of amides is 1. The number of hydrogen-bond donors (Lipinski definition) is 1. The van der Waals surface area contributed by atoms with Gasteiger partial charge in [-0.1, -0.05) is 23.9 Å².